The van der Waals surface area contributed by atoms with E-state index in [1.165, 1.54) is 0 Å². The van der Waals surface area contributed by atoms with Crippen LogP contribution in [0.15, 0.2) is 18.2 Å². The lowest BCUT2D eigenvalue weighted by Gasteiger charge is -2.17. The number of aliphatic hydroxyl groups is 2. The van der Waals surface area contributed by atoms with Crippen molar-refractivity contribution in [1.82, 2.24) is 0 Å². The van der Waals surface area contributed by atoms with Crippen molar-refractivity contribution in [2.75, 3.05) is 23.8 Å². The summed E-state index contributed by atoms with van der Waals surface area (Å²) in [5, 5.41) is 23.9. The minimum absolute atomic E-state index is 0.00922. The molecular weight excluding hydrogens is 232 g/mol. The van der Waals surface area contributed by atoms with Crippen molar-refractivity contribution < 1.29 is 15.0 Å². The highest BCUT2D eigenvalue weighted by Crippen LogP contribution is 2.38. The highest BCUT2D eigenvalue weighted by molar-refractivity contribution is 6.05. The summed E-state index contributed by atoms with van der Waals surface area (Å²) in [5.74, 6) is -0.00922. The van der Waals surface area contributed by atoms with E-state index in [1.54, 1.807) is 0 Å². The predicted molar refractivity (Wildman–Crippen MR) is 69.7 cm³/mol. The molecule has 98 valence electrons. The van der Waals surface area contributed by atoms with Gasteiger partial charge in [-0.25, -0.2) is 0 Å². The average Bonchev–Trinajstić information content (AvgIpc) is 2.57. The van der Waals surface area contributed by atoms with E-state index in [0.717, 1.165) is 16.9 Å². The van der Waals surface area contributed by atoms with Crippen LogP contribution in [-0.4, -0.2) is 35.4 Å². The van der Waals surface area contributed by atoms with E-state index in [9.17, 15) is 9.90 Å². The maximum absolute atomic E-state index is 11.8. The second-order valence-electron chi connectivity index (χ2n) is 5.06. The molecule has 1 aliphatic rings. The quantitative estimate of drug-likeness (QED) is 0.633. The Morgan fingerprint density at radius 2 is 2.17 bits per heavy atom. The summed E-state index contributed by atoms with van der Waals surface area (Å²) in [6.45, 7) is 3.75. The highest BCUT2D eigenvalue weighted by atomic mass is 16.3. The molecule has 1 amide bonds. The first-order valence-electron chi connectivity index (χ1n) is 5.94. The fraction of sp³-hybridized carbons (Fsp3) is 0.462. The molecule has 0 aromatic heterocycles. The molecule has 18 heavy (non-hydrogen) atoms. The van der Waals surface area contributed by atoms with Gasteiger partial charge in [0, 0.05) is 17.9 Å². The third kappa shape index (κ3) is 2.19. The normalized spacial score (nSPS) is 18.1. The summed E-state index contributed by atoms with van der Waals surface area (Å²) in [4.78, 5) is 11.8. The van der Waals surface area contributed by atoms with Crippen molar-refractivity contribution in [1.29, 1.82) is 0 Å². The number of aliphatic hydroxyl groups excluding tert-OH is 2. The second kappa shape index (κ2) is 4.59. The molecule has 1 aliphatic heterocycles. The number of hydrogen-bond acceptors (Lipinski definition) is 4. The lowest BCUT2D eigenvalue weighted by molar-refractivity contribution is -0.119. The number of anilines is 2. The molecule has 0 fully saturated rings. The van der Waals surface area contributed by atoms with E-state index in [4.69, 9.17) is 5.11 Å². The van der Waals surface area contributed by atoms with Gasteiger partial charge >= 0.3 is 0 Å². The van der Waals surface area contributed by atoms with Gasteiger partial charge in [0.1, 0.15) is 0 Å². The minimum atomic E-state index is -0.786. The molecule has 1 atom stereocenters. The molecular formula is C13H18N2O3. The SMILES string of the molecule is CC1(C)C(=O)Nc2ccc(NCC(O)CO)cc21. The Balaban J connectivity index is 2.18. The van der Waals surface area contributed by atoms with Crippen LogP contribution < -0.4 is 10.6 Å². The van der Waals surface area contributed by atoms with E-state index >= 15 is 0 Å². The Kier molecular flexibility index (Phi) is 3.28. The molecule has 1 aromatic rings. The number of hydrogen-bond donors (Lipinski definition) is 4. The van der Waals surface area contributed by atoms with Crippen LogP contribution in [0.3, 0.4) is 0 Å². The maximum atomic E-state index is 11.8. The molecule has 5 nitrogen and oxygen atoms in total. The fourth-order valence-electron chi connectivity index (χ4n) is 1.98. The van der Waals surface area contributed by atoms with E-state index in [1.807, 2.05) is 32.0 Å². The van der Waals surface area contributed by atoms with Crippen LogP contribution in [-0.2, 0) is 10.2 Å². The van der Waals surface area contributed by atoms with Crippen molar-refractivity contribution >= 4 is 17.3 Å². The number of carbonyl (C=O) groups is 1. The monoisotopic (exact) mass is 250 g/mol. The Hall–Kier alpha value is -1.59. The Morgan fingerprint density at radius 3 is 2.83 bits per heavy atom. The minimum Gasteiger partial charge on any atom is -0.394 e. The zero-order valence-corrected chi connectivity index (χ0v) is 10.5. The molecule has 0 aliphatic carbocycles. The van der Waals surface area contributed by atoms with Crippen LogP contribution in [0, 0.1) is 0 Å². The van der Waals surface area contributed by atoms with Crippen LogP contribution >= 0.6 is 0 Å². The van der Waals surface area contributed by atoms with E-state index in [0.29, 0.717) is 0 Å². The van der Waals surface area contributed by atoms with Crippen molar-refractivity contribution in [2.24, 2.45) is 0 Å². The van der Waals surface area contributed by atoms with Crippen molar-refractivity contribution in [2.45, 2.75) is 25.4 Å². The van der Waals surface area contributed by atoms with Crippen LogP contribution in [0.5, 0.6) is 0 Å². The van der Waals surface area contributed by atoms with E-state index < -0.39 is 11.5 Å². The predicted octanol–water partition coefficient (Wildman–Crippen LogP) is 0.681. The van der Waals surface area contributed by atoms with Gasteiger partial charge in [-0.15, -0.1) is 0 Å². The van der Waals surface area contributed by atoms with Gasteiger partial charge in [-0.05, 0) is 37.6 Å². The molecule has 0 bridgehead atoms. The van der Waals surface area contributed by atoms with Gasteiger partial charge in [-0.3, -0.25) is 4.79 Å². The largest absolute Gasteiger partial charge is 0.394 e. The topological polar surface area (TPSA) is 81.6 Å². The molecule has 0 spiro atoms. The van der Waals surface area contributed by atoms with Gasteiger partial charge in [-0.2, -0.15) is 0 Å². The van der Waals surface area contributed by atoms with Crippen LogP contribution in [0.1, 0.15) is 19.4 Å². The molecule has 1 heterocycles. The maximum Gasteiger partial charge on any atom is 0.234 e. The van der Waals surface area contributed by atoms with Gasteiger partial charge in [0.2, 0.25) is 5.91 Å². The van der Waals surface area contributed by atoms with Gasteiger partial charge in [0.05, 0.1) is 18.1 Å². The first kappa shape index (κ1) is 12.9. The van der Waals surface area contributed by atoms with E-state index in [2.05, 4.69) is 10.6 Å². The molecule has 5 heteroatoms. The fourth-order valence-corrected chi connectivity index (χ4v) is 1.98. The Bertz CT molecular complexity index is 471. The van der Waals surface area contributed by atoms with Crippen molar-refractivity contribution in [3.63, 3.8) is 0 Å². The Labute approximate surface area is 106 Å². The summed E-state index contributed by atoms with van der Waals surface area (Å²) >= 11 is 0. The summed E-state index contributed by atoms with van der Waals surface area (Å²) in [6.07, 6.45) is -0.786. The van der Waals surface area contributed by atoms with E-state index in [-0.39, 0.29) is 19.1 Å². The first-order valence-corrected chi connectivity index (χ1v) is 5.94. The number of fused-ring (bicyclic) bond motifs is 1. The Morgan fingerprint density at radius 1 is 1.44 bits per heavy atom. The average molecular weight is 250 g/mol. The summed E-state index contributed by atoms with van der Waals surface area (Å²) in [5.41, 5.74) is 2.06. The molecule has 0 saturated heterocycles. The second-order valence-corrected chi connectivity index (χ2v) is 5.06. The molecule has 4 N–H and O–H groups in total. The third-order valence-electron chi connectivity index (χ3n) is 3.26. The lowest BCUT2D eigenvalue weighted by Crippen LogP contribution is -2.27. The van der Waals surface area contributed by atoms with Crippen LogP contribution in [0.25, 0.3) is 0 Å². The third-order valence-corrected chi connectivity index (χ3v) is 3.26. The van der Waals surface area contributed by atoms with Crippen molar-refractivity contribution in [3.8, 4) is 0 Å². The van der Waals surface area contributed by atoms with Crippen LogP contribution in [0.4, 0.5) is 11.4 Å². The number of rotatable bonds is 4. The molecule has 0 radical (unpaired) electrons. The van der Waals surface area contributed by atoms with Gasteiger partial charge < -0.3 is 20.8 Å². The first-order chi connectivity index (χ1) is 8.45. The van der Waals surface area contributed by atoms with Gasteiger partial charge in [-0.1, -0.05) is 0 Å². The zero-order chi connectivity index (χ0) is 13.3. The van der Waals surface area contributed by atoms with Crippen molar-refractivity contribution in [3.05, 3.63) is 23.8 Å². The lowest BCUT2D eigenvalue weighted by atomic mass is 9.86. The molecule has 1 unspecified atom stereocenters. The smallest absolute Gasteiger partial charge is 0.234 e. The number of benzene rings is 1. The standard InChI is InChI=1S/C13H18N2O3/c1-13(2)10-5-8(14-6-9(17)7-16)3-4-11(10)15-12(13)18/h3-5,9,14,16-17H,6-7H2,1-2H3,(H,15,18). The molecule has 1 aromatic carbocycles. The summed E-state index contributed by atoms with van der Waals surface area (Å²) < 4.78 is 0. The van der Waals surface area contributed by atoms with Crippen LogP contribution in [0.2, 0.25) is 0 Å². The molecule has 2 rings (SSSR count). The molecule has 0 saturated carbocycles. The van der Waals surface area contributed by atoms with Gasteiger partial charge in [0.25, 0.3) is 0 Å². The number of amides is 1. The zero-order valence-electron chi connectivity index (χ0n) is 10.5. The number of nitrogens with one attached hydrogen (secondary N) is 2. The number of carbonyl (C=O) groups excluding carboxylic acids is 1. The summed E-state index contributed by atoms with van der Waals surface area (Å²) in [7, 11) is 0. The highest BCUT2D eigenvalue weighted by Gasteiger charge is 2.38. The summed E-state index contributed by atoms with van der Waals surface area (Å²) in [6, 6.07) is 5.58. The van der Waals surface area contributed by atoms with Gasteiger partial charge in [0.15, 0.2) is 0 Å².